The topological polar surface area (TPSA) is 52.7 Å². The van der Waals surface area contributed by atoms with Gasteiger partial charge in [-0.25, -0.2) is 0 Å². The molecular formula is C10H19N3O2. The first kappa shape index (κ1) is 12.0. The second kappa shape index (κ2) is 5.11. The van der Waals surface area contributed by atoms with Crippen molar-refractivity contribution in [1.29, 1.82) is 0 Å². The van der Waals surface area contributed by atoms with Crippen molar-refractivity contribution >= 4 is 11.8 Å². The first-order chi connectivity index (χ1) is 7.02. The Morgan fingerprint density at radius 1 is 1.53 bits per heavy atom. The highest BCUT2D eigenvalue weighted by Gasteiger charge is 2.23. The zero-order valence-electron chi connectivity index (χ0n) is 9.62. The first-order valence-corrected chi connectivity index (χ1v) is 5.24. The SMILES string of the molecule is CC(=O)N(C)CC(=O)N1CCNC[C@@H]1C. The van der Waals surface area contributed by atoms with Gasteiger partial charge < -0.3 is 15.1 Å². The molecule has 1 N–H and O–H groups in total. The molecular weight excluding hydrogens is 194 g/mol. The predicted molar refractivity (Wildman–Crippen MR) is 57.4 cm³/mol. The van der Waals surface area contributed by atoms with Crippen molar-refractivity contribution in [2.24, 2.45) is 0 Å². The number of hydrogen-bond donors (Lipinski definition) is 1. The molecule has 0 aliphatic carbocycles. The van der Waals surface area contributed by atoms with Crippen LogP contribution in [0.3, 0.4) is 0 Å². The van der Waals surface area contributed by atoms with Crippen molar-refractivity contribution in [1.82, 2.24) is 15.1 Å². The molecule has 86 valence electrons. The van der Waals surface area contributed by atoms with E-state index < -0.39 is 0 Å². The number of nitrogens with zero attached hydrogens (tertiary/aromatic N) is 2. The van der Waals surface area contributed by atoms with Gasteiger partial charge in [0.15, 0.2) is 0 Å². The minimum atomic E-state index is -0.0777. The second-order valence-corrected chi connectivity index (χ2v) is 4.02. The third-order valence-corrected chi connectivity index (χ3v) is 2.73. The van der Waals surface area contributed by atoms with E-state index in [1.54, 1.807) is 7.05 Å². The molecule has 0 aromatic rings. The Hall–Kier alpha value is -1.10. The number of rotatable bonds is 2. The molecule has 0 aromatic carbocycles. The quantitative estimate of drug-likeness (QED) is 0.659. The minimum absolute atomic E-state index is 0.0294. The molecule has 1 heterocycles. The summed E-state index contributed by atoms with van der Waals surface area (Å²) < 4.78 is 0. The molecule has 1 aliphatic heterocycles. The van der Waals surface area contributed by atoms with Crippen molar-refractivity contribution in [2.45, 2.75) is 19.9 Å². The molecule has 1 rings (SSSR count). The van der Waals surface area contributed by atoms with Gasteiger partial charge in [0.25, 0.3) is 0 Å². The Morgan fingerprint density at radius 3 is 2.73 bits per heavy atom. The maximum absolute atomic E-state index is 11.8. The van der Waals surface area contributed by atoms with E-state index in [4.69, 9.17) is 0 Å². The van der Waals surface area contributed by atoms with Crippen LogP contribution in [0.5, 0.6) is 0 Å². The smallest absolute Gasteiger partial charge is 0.242 e. The highest BCUT2D eigenvalue weighted by molar-refractivity contribution is 5.83. The summed E-state index contributed by atoms with van der Waals surface area (Å²) in [6.07, 6.45) is 0. The van der Waals surface area contributed by atoms with E-state index in [1.165, 1.54) is 11.8 Å². The summed E-state index contributed by atoms with van der Waals surface area (Å²) in [4.78, 5) is 26.1. The number of likely N-dealkylation sites (N-methyl/N-ethyl adjacent to an activating group) is 1. The Labute approximate surface area is 90.4 Å². The number of carbonyl (C=O) groups excluding carboxylic acids is 2. The Kier molecular flexibility index (Phi) is 4.08. The molecule has 0 unspecified atom stereocenters. The third-order valence-electron chi connectivity index (χ3n) is 2.73. The van der Waals surface area contributed by atoms with Crippen LogP contribution in [-0.4, -0.2) is 60.9 Å². The third kappa shape index (κ3) is 3.20. The molecule has 2 amide bonds. The highest BCUT2D eigenvalue weighted by atomic mass is 16.2. The molecule has 1 fully saturated rings. The number of nitrogens with one attached hydrogen (secondary N) is 1. The van der Waals surface area contributed by atoms with Crippen molar-refractivity contribution < 1.29 is 9.59 Å². The maximum Gasteiger partial charge on any atom is 0.242 e. The summed E-state index contributed by atoms with van der Waals surface area (Å²) in [6, 6.07) is 0.214. The average molecular weight is 213 g/mol. The van der Waals surface area contributed by atoms with E-state index in [0.717, 1.165) is 19.6 Å². The van der Waals surface area contributed by atoms with Crippen LogP contribution in [0.2, 0.25) is 0 Å². The lowest BCUT2D eigenvalue weighted by atomic mass is 10.2. The molecule has 1 aliphatic rings. The van der Waals surface area contributed by atoms with Gasteiger partial charge in [-0.15, -0.1) is 0 Å². The van der Waals surface area contributed by atoms with Gasteiger partial charge in [0.05, 0.1) is 6.54 Å². The molecule has 0 spiro atoms. The largest absolute Gasteiger partial charge is 0.337 e. The van der Waals surface area contributed by atoms with E-state index in [9.17, 15) is 9.59 Å². The molecule has 15 heavy (non-hydrogen) atoms. The van der Waals surface area contributed by atoms with Crippen LogP contribution in [0.25, 0.3) is 0 Å². The van der Waals surface area contributed by atoms with Crippen molar-refractivity contribution in [2.75, 3.05) is 33.2 Å². The fraction of sp³-hybridized carbons (Fsp3) is 0.800. The van der Waals surface area contributed by atoms with Crippen molar-refractivity contribution in [3.63, 3.8) is 0 Å². The van der Waals surface area contributed by atoms with Gasteiger partial charge in [-0.3, -0.25) is 9.59 Å². The second-order valence-electron chi connectivity index (χ2n) is 4.02. The number of piperazine rings is 1. The standard InChI is InChI=1S/C10H19N3O2/c1-8-6-11-4-5-13(8)10(15)7-12(3)9(2)14/h8,11H,4-7H2,1-3H3/t8-/m0/s1. The lowest BCUT2D eigenvalue weighted by Gasteiger charge is -2.34. The zero-order valence-corrected chi connectivity index (χ0v) is 9.62. The van der Waals surface area contributed by atoms with Gasteiger partial charge in [0.1, 0.15) is 0 Å². The molecule has 0 saturated carbocycles. The van der Waals surface area contributed by atoms with Crippen molar-refractivity contribution in [3.8, 4) is 0 Å². The fourth-order valence-electron chi connectivity index (χ4n) is 1.62. The number of carbonyl (C=O) groups is 2. The lowest BCUT2D eigenvalue weighted by molar-refractivity contribution is -0.140. The molecule has 0 aromatic heterocycles. The van der Waals surface area contributed by atoms with Gasteiger partial charge in [-0.2, -0.15) is 0 Å². The Balaban J connectivity index is 2.48. The van der Waals surface area contributed by atoms with Crippen LogP contribution < -0.4 is 5.32 Å². The minimum Gasteiger partial charge on any atom is -0.337 e. The molecule has 5 nitrogen and oxygen atoms in total. The monoisotopic (exact) mass is 213 g/mol. The van der Waals surface area contributed by atoms with Crippen LogP contribution in [0, 0.1) is 0 Å². The first-order valence-electron chi connectivity index (χ1n) is 5.24. The van der Waals surface area contributed by atoms with E-state index >= 15 is 0 Å². The van der Waals surface area contributed by atoms with E-state index in [0.29, 0.717) is 0 Å². The normalized spacial score (nSPS) is 21.3. The predicted octanol–water partition coefficient (Wildman–Crippen LogP) is -0.715. The zero-order chi connectivity index (χ0) is 11.4. The fourth-order valence-corrected chi connectivity index (χ4v) is 1.62. The summed E-state index contributed by atoms with van der Waals surface area (Å²) in [7, 11) is 1.65. The summed E-state index contributed by atoms with van der Waals surface area (Å²) in [5.41, 5.74) is 0. The van der Waals surface area contributed by atoms with Gasteiger partial charge in [-0.1, -0.05) is 0 Å². The Bertz CT molecular complexity index is 255. The van der Waals surface area contributed by atoms with Gasteiger partial charge >= 0.3 is 0 Å². The van der Waals surface area contributed by atoms with E-state index in [-0.39, 0.29) is 24.4 Å². The van der Waals surface area contributed by atoms with E-state index in [1.807, 2.05) is 11.8 Å². The van der Waals surface area contributed by atoms with Crippen LogP contribution in [0.4, 0.5) is 0 Å². The number of hydrogen-bond acceptors (Lipinski definition) is 3. The average Bonchev–Trinajstić information content (AvgIpc) is 2.18. The van der Waals surface area contributed by atoms with Crippen LogP contribution in [-0.2, 0) is 9.59 Å². The van der Waals surface area contributed by atoms with Crippen LogP contribution >= 0.6 is 0 Å². The lowest BCUT2D eigenvalue weighted by Crippen LogP contribution is -2.54. The summed E-state index contributed by atoms with van der Waals surface area (Å²) in [6.45, 7) is 6.05. The van der Waals surface area contributed by atoms with Gasteiger partial charge in [0.2, 0.25) is 11.8 Å². The molecule has 1 saturated heterocycles. The maximum atomic E-state index is 11.8. The highest BCUT2D eigenvalue weighted by Crippen LogP contribution is 2.03. The molecule has 0 bridgehead atoms. The summed E-state index contributed by atoms with van der Waals surface area (Å²) in [5, 5.41) is 3.22. The van der Waals surface area contributed by atoms with E-state index in [2.05, 4.69) is 5.32 Å². The van der Waals surface area contributed by atoms with Gasteiger partial charge in [0, 0.05) is 39.6 Å². The molecule has 5 heteroatoms. The van der Waals surface area contributed by atoms with Crippen LogP contribution in [0.1, 0.15) is 13.8 Å². The Morgan fingerprint density at radius 2 is 2.20 bits per heavy atom. The summed E-state index contributed by atoms with van der Waals surface area (Å²) in [5.74, 6) is -0.0483. The summed E-state index contributed by atoms with van der Waals surface area (Å²) >= 11 is 0. The van der Waals surface area contributed by atoms with Gasteiger partial charge in [-0.05, 0) is 6.92 Å². The van der Waals surface area contributed by atoms with Crippen LogP contribution in [0.15, 0.2) is 0 Å². The number of amides is 2. The molecule has 0 radical (unpaired) electrons. The molecule has 1 atom stereocenters. The van der Waals surface area contributed by atoms with Crippen molar-refractivity contribution in [3.05, 3.63) is 0 Å².